The van der Waals surface area contributed by atoms with Crippen molar-refractivity contribution in [3.8, 4) is 5.75 Å². The van der Waals surface area contributed by atoms with Gasteiger partial charge < -0.3 is 9.72 Å². The van der Waals surface area contributed by atoms with Gasteiger partial charge in [-0.15, -0.1) is 0 Å². The highest BCUT2D eigenvalue weighted by Gasteiger charge is 2.22. The number of aromatic nitrogens is 1. The molecule has 1 aliphatic heterocycles. The lowest BCUT2D eigenvalue weighted by Crippen LogP contribution is -2.34. The first-order chi connectivity index (χ1) is 13.2. The average molecular weight is 367 g/mol. The second-order valence-corrected chi connectivity index (χ2v) is 8.00. The number of benzene rings is 1. The molecule has 1 aliphatic carbocycles. The second kappa shape index (κ2) is 8.30. The Hall–Kier alpha value is -2.07. The molecule has 2 aromatic rings. The second-order valence-electron chi connectivity index (χ2n) is 8.00. The molecule has 0 radical (unpaired) electrons. The summed E-state index contributed by atoms with van der Waals surface area (Å²) in [6.45, 7) is 6.06. The average Bonchev–Trinajstić information content (AvgIpc) is 3.13. The van der Waals surface area contributed by atoms with Gasteiger partial charge in [0.15, 0.2) is 0 Å². The first-order valence-electron chi connectivity index (χ1n) is 10.4. The molecule has 144 valence electrons. The lowest BCUT2D eigenvalue weighted by atomic mass is 9.90. The summed E-state index contributed by atoms with van der Waals surface area (Å²) in [6, 6.07) is 8.29. The fraction of sp³-hybridized carbons (Fsp3) is 0.522. The monoisotopic (exact) mass is 366 g/mol. The molecule has 1 fully saturated rings. The van der Waals surface area contributed by atoms with Crippen molar-refractivity contribution in [2.45, 2.75) is 52.0 Å². The Labute approximate surface area is 161 Å². The number of piperidine rings is 1. The number of aromatic amines is 1. The largest absolute Gasteiger partial charge is 0.494 e. The number of rotatable bonds is 6. The Morgan fingerprint density at radius 1 is 1.15 bits per heavy atom. The molecule has 0 spiro atoms. The Morgan fingerprint density at radius 3 is 2.63 bits per heavy atom. The van der Waals surface area contributed by atoms with Crippen molar-refractivity contribution in [3.63, 3.8) is 0 Å². The van der Waals surface area contributed by atoms with Gasteiger partial charge >= 0.3 is 0 Å². The van der Waals surface area contributed by atoms with Crippen LogP contribution in [0.1, 0.15) is 48.4 Å². The summed E-state index contributed by atoms with van der Waals surface area (Å²) in [5.74, 6) is 1.80. The fourth-order valence-electron chi connectivity index (χ4n) is 4.56. The summed E-state index contributed by atoms with van der Waals surface area (Å²) in [6.07, 6.45) is 9.06. The Morgan fingerprint density at radius 2 is 1.93 bits per heavy atom. The molecule has 4 nitrogen and oxygen atoms in total. The molecule has 0 unspecified atom stereocenters. The first kappa shape index (κ1) is 18.3. The van der Waals surface area contributed by atoms with Crippen LogP contribution in [-0.2, 0) is 25.8 Å². The van der Waals surface area contributed by atoms with E-state index in [0.29, 0.717) is 5.92 Å². The van der Waals surface area contributed by atoms with Gasteiger partial charge in [-0.25, -0.2) is 0 Å². The van der Waals surface area contributed by atoms with E-state index in [1.807, 2.05) is 12.3 Å². The predicted octanol–water partition coefficient (Wildman–Crippen LogP) is 3.72. The number of hydrogen-bond donors (Lipinski definition) is 1. The fourth-order valence-corrected chi connectivity index (χ4v) is 4.56. The van der Waals surface area contributed by atoms with Crippen LogP contribution < -0.4 is 10.3 Å². The van der Waals surface area contributed by atoms with Crippen LogP contribution in [0.3, 0.4) is 0 Å². The van der Waals surface area contributed by atoms with Gasteiger partial charge in [-0.1, -0.05) is 12.1 Å². The van der Waals surface area contributed by atoms with Gasteiger partial charge in [-0.05, 0) is 87.2 Å². The van der Waals surface area contributed by atoms with E-state index in [4.69, 9.17) is 4.74 Å². The molecule has 4 heteroatoms. The first-order valence-corrected chi connectivity index (χ1v) is 10.4. The minimum Gasteiger partial charge on any atom is -0.494 e. The quantitative estimate of drug-likeness (QED) is 0.847. The summed E-state index contributed by atoms with van der Waals surface area (Å²) in [5, 5.41) is 0. The van der Waals surface area contributed by atoms with Crippen LogP contribution >= 0.6 is 0 Å². The minimum atomic E-state index is -0.0204. The van der Waals surface area contributed by atoms with Crippen LogP contribution in [0.2, 0.25) is 0 Å². The van der Waals surface area contributed by atoms with E-state index in [0.717, 1.165) is 38.4 Å². The molecule has 2 aliphatic rings. The summed E-state index contributed by atoms with van der Waals surface area (Å²) in [4.78, 5) is 16.6. The van der Waals surface area contributed by atoms with Gasteiger partial charge in [0.2, 0.25) is 5.56 Å². The zero-order valence-corrected chi connectivity index (χ0v) is 16.3. The number of aryl methyl sites for hydroxylation is 2. The maximum Gasteiger partial charge on any atom is 0.247 e. The SMILES string of the molecule is CCOc1cc2c(cc1CN1CCC(Cc3ccc(=O)[nH]c3)CC1)CCC2. The molecular formula is C23H30N2O2. The Balaban J connectivity index is 1.36. The summed E-state index contributed by atoms with van der Waals surface area (Å²) < 4.78 is 5.96. The van der Waals surface area contributed by atoms with E-state index in [9.17, 15) is 4.79 Å². The third kappa shape index (κ3) is 4.44. The van der Waals surface area contributed by atoms with E-state index in [1.165, 1.54) is 54.4 Å². The number of nitrogens with zero attached hydrogens (tertiary/aromatic N) is 1. The maximum atomic E-state index is 11.2. The van der Waals surface area contributed by atoms with Crippen molar-refractivity contribution in [3.05, 3.63) is 63.1 Å². The lowest BCUT2D eigenvalue weighted by Gasteiger charge is -2.32. The molecule has 0 amide bonds. The van der Waals surface area contributed by atoms with E-state index in [2.05, 4.69) is 28.9 Å². The molecule has 1 saturated heterocycles. The predicted molar refractivity (Wildman–Crippen MR) is 108 cm³/mol. The van der Waals surface area contributed by atoms with Crippen molar-refractivity contribution < 1.29 is 4.74 Å². The van der Waals surface area contributed by atoms with Crippen LogP contribution in [0.15, 0.2) is 35.3 Å². The van der Waals surface area contributed by atoms with Gasteiger partial charge in [0, 0.05) is 24.4 Å². The highest BCUT2D eigenvalue weighted by atomic mass is 16.5. The van der Waals surface area contributed by atoms with E-state index in [1.54, 1.807) is 6.07 Å². The molecule has 1 aromatic heterocycles. The Bertz CT molecular complexity index is 814. The van der Waals surface area contributed by atoms with Crippen LogP contribution in [0.5, 0.6) is 5.75 Å². The van der Waals surface area contributed by atoms with Crippen molar-refractivity contribution >= 4 is 0 Å². The topological polar surface area (TPSA) is 45.3 Å². The Kier molecular flexibility index (Phi) is 5.63. The van der Waals surface area contributed by atoms with Crippen LogP contribution in [0.25, 0.3) is 0 Å². The van der Waals surface area contributed by atoms with E-state index < -0.39 is 0 Å². The number of ether oxygens (including phenoxy) is 1. The number of fused-ring (bicyclic) bond motifs is 1. The smallest absolute Gasteiger partial charge is 0.247 e. The number of likely N-dealkylation sites (tertiary alicyclic amines) is 1. The molecule has 2 heterocycles. The molecule has 0 atom stereocenters. The summed E-state index contributed by atoms with van der Waals surface area (Å²) in [7, 11) is 0. The number of H-pyrrole nitrogens is 1. The van der Waals surface area contributed by atoms with Crippen molar-refractivity contribution in [1.29, 1.82) is 0 Å². The van der Waals surface area contributed by atoms with Gasteiger partial charge in [-0.3, -0.25) is 9.69 Å². The minimum absolute atomic E-state index is 0.0204. The van der Waals surface area contributed by atoms with Gasteiger partial charge in [0.05, 0.1) is 6.61 Å². The maximum absolute atomic E-state index is 11.2. The van der Waals surface area contributed by atoms with Crippen LogP contribution in [-0.4, -0.2) is 29.6 Å². The number of hydrogen-bond acceptors (Lipinski definition) is 3. The molecule has 1 aromatic carbocycles. The van der Waals surface area contributed by atoms with Gasteiger partial charge in [0.1, 0.15) is 5.75 Å². The summed E-state index contributed by atoms with van der Waals surface area (Å²) in [5.41, 5.74) is 5.60. The lowest BCUT2D eigenvalue weighted by molar-refractivity contribution is 0.174. The van der Waals surface area contributed by atoms with Gasteiger partial charge in [0.25, 0.3) is 0 Å². The van der Waals surface area contributed by atoms with E-state index in [-0.39, 0.29) is 5.56 Å². The molecule has 27 heavy (non-hydrogen) atoms. The summed E-state index contributed by atoms with van der Waals surface area (Å²) >= 11 is 0. The van der Waals surface area contributed by atoms with Crippen molar-refractivity contribution in [2.75, 3.05) is 19.7 Å². The third-order valence-electron chi connectivity index (χ3n) is 6.05. The van der Waals surface area contributed by atoms with E-state index >= 15 is 0 Å². The molecule has 1 N–H and O–H groups in total. The van der Waals surface area contributed by atoms with Crippen molar-refractivity contribution in [2.24, 2.45) is 5.92 Å². The molecule has 0 saturated carbocycles. The third-order valence-corrected chi connectivity index (χ3v) is 6.05. The van der Waals surface area contributed by atoms with Crippen LogP contribution in [0, 0.1) is 5.92 Å². The van der Waals surface area contributed by atoms with Crippen LogP contribution in [0.4, 0.5) is 0 Å². The zero-order chi connectivity index (χ0) is 18.6. The highest BCUT2D eigenvalue weighted by Crippen LogP contribution is 2.32. The number of pyridine rings is 1. The highest BCUT2D eigenvalue weighted by molar-refractivity contribution is 5.45. The number of nitrogens with one attached hydrogen (secondary N) is 1. The van der Waals surface area contributed by atoms with Crippen molar-refractivity contribution in [1.82, 2.24) is 9.88 Å². The molecular weight excluding hydrogens is 336 g/mol. The van der Waals surface area contributed by atoms with Gasteiger partial charge in [-0.2, -0.15) is 0 Å². The normalized spacial score (nSPS) is 17.8. The molecule has 4 rings (SSSR count). The zero-order valence-electron chi connectivity index (χ0n) is 16.3. The molecule has 0 bridgehead atoms. The standard InChI is InChI=1S/C23H30N2O2/c1-2-27-22-14-20-5-3-4-19(20)13-21(22)16-25-10-8-17(9-11-25)12-18-6-7-23(26)24-15-18/h6-7,13-15,17H,2-5,8-12,16H2,1H3,(H,24,26).